The predicted molar refractivity (Wildman–Crippen MR) is 106 cm³/mol. The Morgan fingerprint density at radius 1 is 0.857 bits per heavy atom. The molecule has 0 aliphatic rings. The predicted octanol–water partition coefficient (Wildman–Crippen LogP) is 4.27. The van der Waals surface area contributed by atoms with E-state index in [4.69, 9.17) is 19.3 Å². The van der Waals surface area contributed by atoms with Gasteiger partial charge in [0.2, 0.25) is 0 Å². The number of ether oxygens (including phenoxy) is 2. The van der Waals surface area contributed by atoms with E-state index in [-0.39, 0.29) is 13.0 Å². The van der Waals surface area contributed by atoms with Crippen LogP contribution in [0.15, 0.2) is 0 Å². The average Bonchev–Trinajstić information content (AvgIpc) is 2.61. The minimum absolute atomic E-state index is 0.212. The van der Waals surface area contributed by atoms with E-state index in [1.54, 1.807) is 0 Å². The molecular formula is C19H37O8P. The first-order valence-electron chi connectivity index (χ1n) is 10.3. The topological polar surface area (TPSA) is 119 Å². The summed E-state index contributed by atoms with van der Waals surface area (Å²) in [6, 6.07) is 0. The Morgan fingerprint density at radius 3 is 1.82 bits per heavy atom. The van der Waals surface area contributed by atoms with Crippen LogP contribution in [0.4, 0.5) is 0 Å². The molecule has 0 aliphatic carbocycles. The van der Waals surface area contributed by atoms with E-state index in [9.17, 15) is 14.2 Å². The minimum Gasteiger partial charge on any atom is -0.462 e. The second kappa shape index (κ2) is 17.0. The zero-order valence-corrected chi connectivity index (χ0v) is 18.2. The number of unbranched alkanes of at least 4 members (excludes halogenated alkanes) is 10. The van der Waals surface area contributed by atoms with Gasteiger partial charge in [-0.15, -0.1) is 0 Å². The van der Waals surface area contributed by atoms with Gasteiger partial charge in [0.25, 0.3) is 0 Å². The molecule has 28 heavy (non-hydrogen) atoms. The lowest BCUT2D eigenvalue weighted by atomic mass is 10.1. The molecule has 0 radical (unpaired) electrons. The summed E-state index contributed by atoms with van der Waals surface area (Å²) >= 11 is 0. The fraction of sp³-hybridized carbons (Fsp3) is 0.895. The van der Waals surface area contributed by atoms with Crippen LogP contribution in [0.5, 0.6) is 0 Å². The second-order valence-electron chi connectivity index (χ2n) is 6.99. The van der Waals surface area contributed by atoms with E-state index in [1.165, 1.54) is 51.9 Å². The molecular weight excluding hydrogens is 387 g/mol. The van der Waals surface area contributed by atoms with Gasteiger partial charge in [0, 0.05) is 13.3 Å². The highest BCUT2D eigenvalue weighted by Gasteiger charge is 2.22. The van der Waals surface area contributed by atoms with Crippen LogP contribution >= 0.6 is 7.82 Å². The molecule has 0 fully saturated rings. The number of carbonyl (C=O) groups excluding carboxylic acids is 2. The van der Waals surface area contributed by atoms with Crippen LogP contribution in [0.25, 0.3) is 0 Å². The van der Waals surface area contributed by atoms with Crippen LogP contribution in [0, 0.1) is 0 Å². The van der Waals surface area contributed by atoms with Crippen molar-refractivity contribution in [2.24, 2.45) is 0 Å². The van der Waals surface area contributed by atoms with Crippen molar-refractivity contribution in [3.63, 3.8) is 0 Å². The second-order valence-corrected chi connectivity index (χ2v) is 8.23. The highest BCUT2D eigenvalue weighted by atomic mass is 31.2. The molecule has 0 aromatic rings. The summed E-state index contributed by atoms with van der Waals surface area (Å²) in [6.07, 6.45) is 12.0. The molecule has 1 atom stereocenters. The Labute approximate surface area is 168 Å². The van der Waals surface area contributed by atoms with Crippen LogP contribution < -0.4 is 0 Å². The van der Waals surface area contributed by atoms with Crippen molar-refractivity contribution in [1.29, 1.82) is 0 Å². The van der Waals surface area contributed by atoms with Crippen LogP contribution in [0.3, 0.4) is 0 Å². The first-order chi connectivity index (χ1) is 13.2. The number of rotatable bonds is 18. The quantitative estimate of drug-likeness (QED) is 0.190. The zero-order chi connectivity index (χ0) is 21.3. The third-order valence-electron chi connectivity index (χ3n) is 4.18. The van der Waals surface area contributed by atoms with Crippen molar-refractivity contribution in [2.75, 3.05) is 13.2 Å². The first-order valence-corrected chi connectivity index (χ1v) is 11.8. The molecule has 0 bridgehead atoms. The van der Waals surface area contributed by atoms with E-state index in [1.807, 2.05) is 0 Å². The van der Waals surface area contributed by atoms with Gasteiger partial charge in [-0.05, 0) is 6.42 Å². The van der Waals surface area contributed by atoms with Crippen LogP contribution in [0.2, 0.25) is 0 Å². The Bertz CT molecular complexity index is 463. The van der Waals surface area contributed by atoms with E-state index in [0.717, 1.165) is 19.3 Å². The molecule has 1 unspecified atom stereocenters. The number of phosphoric ester groups is 1. The Balaban J connectivity index is 3.83. The van der Waals surface area contributed by atoms with Crippen molar-refractivity contribution in [3.05, 3.63) is 0 Å². The average molecular weight is 424 g/mol. The summed E-state index contributed by atoms with van der Waals surface area (Å²) in [5, 5.41) is 0. The van der Waals surface area contributed by atoms with Gasteiger partial charge in [0.1, 0.15) is 6.61 Å². The number of phosphoric acid groups is 1. The fourth-order valence-corrected chi connectivity index (χ4v) is 3.05. The van der Waals surface area contributed by atoms with Crippen LogP contribution in [-0.2, 0) is 28.2 Å². The highest BCUT2D eigenvalue weighted by Crippen LogP contribution is 2.35. The summed E-state index contributed by atoms with van der Waals surface area (Å²) in [5.74, 6) is -1.08. The SMILES string of the molecule is CCCCCCCCCCCCCC(=O)OC(COC(C)=O)COP(=O)(O)O. The Kier molecular flexibility index (Phi) is 16.4. The maximum absolute atomic E-state index is 11.9. The molecule has 2 N–H and O–H groups in total. The highest BCUT2D eigenvalue weighted by molar-refractivity contribution is 7.46. The van der Waals surface area contributed by atoms with Gasteiger partial charge < -0.3 is 19.3 Å². The molecule has 0 heterocycles. The van der Waals surface area contributed by atoms with Crippen molar-refractivity contribution in [1.82, 2.24) is 0 Å². The lowest BCUT2D eigenvalue weighted by Gasteiger charge is -2.18. The molecule has 0 amide bonds. The lowest BCUT2D eigenvalue weighted by Crippen LogP contribution is -2.29. The molecule has 0 rings (SSSR count). The molecule has 0 saturated heterocycles. The zero-order valence-electron chi connectivity index (χ0n) is 17.3. The van der Waals surface area contributed by atoms with Crippen molar-refractivity contribution in [3.8, 4) is 0 Å². The monoisotopic (exact) mass is 424 g/mol. The van der Waals surface area contributed by atoms with Gasteiger partial charge in [-0.25, -0.2) is 4.57 Å². The summed E-state index contributed by atoms with van der Waals surface area (Å²) in [5.41, 5.74) is 0. The van der Waals surface area contributed by atoms with Gasteiger partial charge in [0.15, 0.2) is 6.10 Å². The molecule has 0 aromatic carbocycles. The van der Waals surface area contributed by atoms with E-state index in [0.29, 0.717) is 6.42 Å². The van der Waals surface area contributed by atoms with Gasteiger partial charge in [-0.3, -0.25) is 14.1 Å². The maximum atomic E-state index is 11.9. The third-order valence-corrected chi connectivity index (χ3v) is 4.67. The maximum Gasteiger partial charge on any atom is 0.469 e. The molecule has 0 aromatic heterocycles. The number of esters is 2. The smallest absolute Gasteiger partial charge is 0.462 e. The fourth-order valence-electron chi connectivity index (χ4n) is 2.69. The molecule has 166 valence electrons. The van der Waals surface area contributed by atoms with E-state index < -0.39 is 32.5 Å². The molecule has 8 nitrogen and oxygen atoms in total. The standard InChI is InChI=1S/C19H37O8P/c1-3-4-5-6-7-8-9-10-11-12-13-14-19(21)27-18(15-25-17(2)20)16-26-28(22,23)24/h18H,3-16H2,1-2H3,(H2,22,23,24). The van der Waals surface area contributed by atoms with Crippen LogP contribution in [0.1, 0.15) is 90.9 Å². The molecule has 9 heteroatoms. The van der Waals surface area contributed by atoms with Crippen molar-refractivity contribution in [2.45, 2.75) is 97.0 Å². The number of hydrogen-bond acceptors (Lipinski definition) is 6. The van der Waals surface area contributed by atoms with Crippen molar-refractivity contribution >= 4 is 19.8 Å². The lowest BCUT2D eigenvalue weighted by molar-refractivity contribution is -0.160. The normalized spacial score (nSPS) is 12.6. The van der Waals surface area contributed by atoms with Gasteiger partial charge in [-0.2, -0.15) is 0 Å². The number of hydrogen-bond donors (Lipinski definition) is 2. The minimum atomic E-state index is -4.69. The van der Waals surface area contributed by atoms with Gasteiger partial charge in [0.05, 0.1) is 6.61 Å². The Hall–Kier alpha value is -0.950. The van der Waals surface area contributed by atoms with E-state index >= 15 is 0 Å². The van der Waals surface area contributed by atoms with Gasteiger partial charge >= 0.3 is 19.8 Å². The molecule has 0 saturated carbocycles. The third kappa shape index (κ3) is 19.8. The molecule has 0 spiro atoms. The summed E-state index contributed by atoms with van der Waals surface area (Å²) in [7, 11) is -4.69. The van der Waals surface area contributed by atoms with Gasteiger partial charge in [-0.1, -0.05) is 71.1 Å². The van der Waals surface area contributed by atoms with Crippen molar-refractivity contribution < 1.29 is 37.9 Å². The largest absolute Gasteiger partial charge is 0.469 e. The summed E-state index contributed by atoms with van der Waals surface area (Å²) in [6.45, 7) is 2.56. The number of carbonyl (C=O) groups is 2. The first kappa shape index (κ1) is 27.0. The molecule has 0 aliphatic heterocycles. The Morgan fingerprint density at radius 2 is 1.36 bits per heavy atom. The van der Waals surface area contributed by atoms with Crippen LogP contribution in [-0.4, -0.2) is 41.0 Å². The van der Waals surface area contributed by atoms with E-state index in [2.05, 4.69) is 11.4 Å². The summed E-state index contributed by atoms with van der Waals surface area (Å²) in [4.78, 5) is 40.2. The summed E-state index contributed by atoms with van der Waals surface area (Å²) < 4.78 is 24.9.